The lowest BCUT2D eigenvalue weighted by atomic mass is 9.91. The smallest absolute Gasteiger partial charge is 0.245 e. The first-order valence-electron chi connectivity index (χ1n) is 12.3. The Morgan fingerprint density at radius 1 is 1.03 bits per heavy atom. The minimum atomic E-state index is -0.465. The second-order valence-corrected chi connectivity index (χ2v) is 9.15. The molecule has 0 saturated carbocycles. The first-order chi connectivity index (χ1) is 17.6. The van der Waals surface area contributed by atoms with E-state index in [2.05, 4.69) is 67.0 Å². The molecule has 1 atom stereocenters. The number of pyridine rings is 1. The molecule has 5 rings (SSSR count). The lowest BCUT2D eigenvalue weighted by Gasteiger charge is -2.30. The number of anilines is 4. The van der Waals surface area contributed by atoms with Crippen molar-refractivity contribution in [2.75, 3.05) is 62.1 Å². The standard InChI is InChI=1S/C26H31FN8O/c1-34-10-2-3-20(18-34)19-4-6-21(7-5-19)31-23-9-8-22(28-15-23)16-30-33-26-29-17-24(27)25(32-26)35-11-13-36-14-12-35/h4-9,15-17,20,31H,2-3,10-14,18H2,1H3,(H,29,32,33)/b30-16+. The maximum Gasteiger partial charge on any atom is 0.245 e. The highest BCUT2D eigenvalue weighted by Gasteiger charge is 2.19. The number of nitrogens with one attached hydrogen (secondary N) is 2. The number of benzene rings is 1. The third-order valence-electron chi connectivity index (χ3n) is 6.48. The van der Waals surface area contributed by atoms with Gasteiger partial charge in [-0.25, -0.2) is 14.8 Å². The summed E-state index contributed by atoms with van der Waals surface area (Å²) in [5, 5.41) is 7.54. The van der Waals surface area contributed by atoms with Crippen LogP contribution in [0.25, 0.3) is 0 Å². The van der Waals surface area contributed by atoms with Gasteiger partial charge < -0.3 is 19.9 Å². The molecule has 36 heavy (non-hydrogen) atoms. The molecule has 0 radical (unpaired) electrons. The predicted octanol–water partition coefficient (Wildman–Crippen LogP) is 3.85. The molecule has 4 heterocycles. The van der Waals surface area contributed by atoms with E-state index < -0.39 is 5.82 Å². The number of piperidine rings is 1. The number of likely N-dealkylation sites (N-methyl/N-ethyl adjacent to an activating group) is 1. The van der Waals surface area contributed by atoms with Crippen molar-refractivity contribution in [3.05, 3.63) is 65.9 Å². The number of ether oxygens (including phenoxy) is 1. The Hall–Kier alpha value is -3.63. The molecule has 2 aliphatic heterocycles. The van der Waals surface area contributed by atoms with E-state index in [0.717, 1.165) is 24.1 Å². The summed E-state index contributed by atoms with van der Waals surface area (Å²) >= 11 is 0. The van der Waals surface area contributed by atoms with Gasteiger partial charge in [0.15, 0.2) is 11.6 Å². The number of likely N-dealkylation sites (tertiary alicyclic amines) is 1. The van der Waals surface area contributed by atoms with Gasteiger partial charge in [-0.05, 0) is 62.2 Å². The maximum absolute atomic E-state index is 14.2. The van der Waals surface area contributed by atoms with E-state index in [1.807, 2.05) is 17.0 Å². The zero-order valence-electron chi connectivity index (χ0n) is 20.4. The van der Waals surface area contributed by atoms with Crippen LogP contribution in [0.15, 0.2) is 53.9 Å². The molecule has 188 valence electrons. The molecule has 10 heteroatoms. The minimum Gasteiger partial charge on any atom is -0.378 e. The highest BCUT2D eigenvalue weighted by Crippen LogP contribution is 2.27. The molecular formula is C26H31FN8O. The summed E-state index contributed by atoms with van der Waals surface area (Å²) < 4.78 is 19.5. The van der Waals surface area contributed by atoms with E-state index >= 15 is 0 Å². The van der Waals surface area contributed by atoms with Gasteiger partial charge in [-0.2, -0.15) is 10.1 Å². The van der Waals surface area contributed by atoms with Gasteiger partial charge in [0.25, 0.3) is 0 Å². The average Bonchev–Trinajstić information content (AvgIpc) is 2.91. The van der Waals surface area contributed by atoms with Crippen molar-refractivity contribution in [2.45, 2.75) is 18.8 Å². The molecule has 1 unspecified atom stereocenters. The number of morpholine rings is 1. The zero-order chi connectivity index (χ0) is 24.7. The van der Waals surface area contributed by atoms with E-state index in [4.69, 9.17) is 4.74 Å². The SMILES string of the molecule is CN1CCCC(c2ccc(Nc3ccc(/C=N/Nc4ncc(F)c(N5CCOCC5)n4)nc3)cc2)C1. The van der Waals surface area contributed by atoms with Crippen LogP contribution < -0.4 is 15.6 Å². The largest absolute Gasteiger partial charge is 0.378 e. The molecular weight excluding hydrogens is 459 g/mol. The minimum absolute atomic E-state index is 0.218. The van der Waals surface area contributed by atoms with Crippen LogP contribution in [0.1, 0.15) is 30.0 Å². The zero-order valence-corrected chi connectivity index (χ0v) is 20.4. The van der Waals surface area contributed by atoms with Crippen LogP contribution >= 0.6 is 0 Å². The van der Waals surface area contributed by atoms with Crippen LogP contribution in [0.3, 0.4) is 0 Å². The fourth-order valence-corrected chi connectivity index (χ4v) is 4.56. The third-order valence-corrected chi connectivity index (χ3v) is 6.48. The van der Waals surface area contributed by atoms with Crippen molar-refractivity contribution >= 4 is 29.4 Å². The molecule has 9 nitrogen and oxygen atoms in total. The quantitative estimate of drug-likeness (QED) is 0.381. The molecule has 1 aromatic carbocycles. The van der Waals surface area contributed by atoms with Crippen LogP contribution in [0, 0.1) is 5.82 Å². The molecule has 2 aromatic heterocycles. The number of hydrogen-bond acceptors (Lipinski definition) is 9. The maximum atomic E-state index is 14.2. The van der Waals surface area contributed by atoms with Crippen molar-refractivity contribution in [3.63, 3.8) is 0 Å². The van der Waals surface area contributed by atoms with Gasteiger partial charge in [-0.3, -0.25) is 4.98 Å². The van der Waals surface area contributed by atoms with E-state index in [0.29, 0.717) is 37.9 Å². The van der Waals surface area contributed by atoms with Crippen LogP contribution in [-0.2, 0) is 4.74 Å². The lowest BCUT2D eigenvalue weighted by Crippen LogP contribution is -2.37. The summed E-state index contributed by atoms with van der Waals surface area (Å²) in [5.41, 5.74) is 6.73. The van der Waals surface area contributed by atoms with Crippen molar-refractivity contribution < 1.29 is 9.13 Å². The molecule has 0 aliphatic carbocycles. The lowest BCUT2D eigenvalue weighted by molar-refractivity contribution is 0.122. The number of rotatable bonds is 7. The molecule has 2 saturated heterocycles. The fraction of sp³-hybridized carbons (Fsp3) is 0.385. The van der Waals surface area contributed by atoms with Crippen molar-refractivity contribution in [1.29, 1.82) is 0 Å². The van der Waals surface area contributed by atoms with Gasteiger partial charge in [0.05, 0.1) is 43.2 Å². The van der Waals surface area contributed by atoms with E-state index in [1.54, 1.807) is 12.4 Å². The fourth-order valence-electron chi connectivity index (χ4n) is 4.56. The Morgan fingerprint density at radius 2 is 1.83 bits per heavy atom. The predicted molar refractivity (Wildman–Crippen MR) is 140 cm³/mol. The number of nitrogens with zero attached hydrogens (tertiary/aromatic N) is 6. The van der Waals surface area contributed by atoms with Crippen molar-refractivity contribution in [3.8, 4) is 0 Å². The topological polar surface area (TPSA) is 90.8 Å². The van der Waals surface area contributed by atoms with Crippen LogP contribution in [-0.4, -0.2) is 72.5 Å². The second kappa shape index (κ2) is 11.4. The number of halogens is 1. The number of hydrazone groups is 1. The van der Waals surface area contributed by atoms with Gasteiger partial charge in [0, 0.05) is 25.3 Å². The van der Waals surface area contributed by atoms with Crippen molar-refractivity contribution in [2.24, 2.45) is 5.10 Å². The summed E-state index contributed by atoms with van der Waals surface area (Å²) in [6, 6.07) is 12.5. The van der Waals surface area contributed by atoms with Gasteiger partial charge >= 0.3 is 0 Å². The molecule has 2 fully saturated rings. The Balaban J connectivity index is 1.15. The van der Waals surface area contributed by atoms with E-state index in [1.165, 1.54) is 24.9 Å². The normalized spacial score (nSPS) is 18.9. The number of aromatic nitrogens is 3. The summed E-state index contributed by atoms with van der Waals surface area (Å²) in [6.07, 6.45) is 6.98. The van der Waals surface area contributed by atoms with Gasteiger partial charge in [0.1, 0.15) is 0 Å². The molecule has 2 N–H and O–H groups in total. The second-order valence-electron chi connectivity index (χ2n) is 9.15. The summed E-state index contributed by atoms with van der Waals surface area (Å²) in [6.45, 7) is 4.58. The Morgan fingerprint density at radius 3 is 2.58 bits per heavy atom. The average molecular weight is 491 g/mol. The highest BCUT2D eigenvalue weighted by molar-refractivity contribution is 5.78. The van der Waals surface area contributed by atoms with Crippen molar-refractivity contribution in [1.82, 2.24) is 19.9 Å². The van der Waals surface area contributed by atoms with E-state index in [9.17, 15) is 4.39 Å². The molecule has 3 aromatic rings. The van der Waals surface area contributed by atoms with Gasteiger partial charge in [-0.1, -0.05) is 12.1 Å². The summed E-state index contributed by atoms with van der Waals surface area (Å²) in [4.78, 5) is 16.9. The Labute approximate surface area is 210 Å². The molecule has 0 amide bonds. The third kappa shape index (κ3) is 6.13. The van der Waals surface area contributed by atoms with Gasteiger partial charge in [-0.15, -0.1) is 0 Å². The first-order valence-corrected chi connectivity index (χ1v) is 12.3. The van der Waals surface area contributed by atoms with Gasteiger partial charge in [0.2, 0.25) is 5.95 Å². The molecule has 0 bridgehead atoms. The Bertz CT molecular complexity index is 1170. The first kappa shape index (κ1) is 24.1. The summed E-state index contributed by atoms with van der Waals surface area (Å²) in [7, 11) is 2.19. The molecule has 0 spiro atoms. The molecule has 2 aliphatic rings. The monoisotopic (exact) mass is 490 g/mol. The number of hydrogen-bond donors (Lipinski definition) is 2. The van der Waals surface area contributed by atoms with Crippen LogP contribution in [0.4, 0.5) is 27.5 Å². The summed E-state index contributed by atoms with van der Waals surface area (Å²) in [5.74, 6) is 0.611. The van der Waals surface area contributed by atoms with Crippen LogP contribution in [0.5, 0.6) is 0 Å². The van der Waals surface area contributed by atoms with Crippen LogP contribution in [0.2, 0.25) is 0 Å². The highest BCUT2D eigenvalue weighted by atomic mass is 19.1. The Kier molecular flexibility index (Phi) is 7.63. The van der Waals surface area contributed by atoms with E-state index in [-0.39, 0.29) is 11.8 Å².